The Morgan fingerprint density at radius 1 is 1.10 bits per heavy atom. The number of nitrogens with one attached hydrogen (secondary N) is 4. The second-order valence-corrected chi connectivity index (χ2v) is 8.98. The van der Waals surface area contributed by atoms with Gasteiger partial charge in [-0.2, -0.15) is 18.3 Å². The van der Waals surface area contributed by atoms with Crippen LogP contribution in [0.3, 0.4) is 0 Å². The molecule has 15 heteroatoms. The van der Waals surface area contributed by atoms with E-state index < -0.39 is 17.8 Å². The van der Waals surface area contributed by atoms with Crippen molar-refractivity contribution in [3.05, 3.63) is 70.5 Å². The van der Waals surface area contributed by atoms with E-state index in [9.17, 15) is 22.8 Å². The summed E-state index contributed by atoms with van der Waals surface area (Å²) in [5.74, 6) is -1.07. The van der Waals surface area contributed by atoms with Gasteiger partial charge in [-0.25, -0.2) is 15.0 Å². The van der Waals surface area contributed by atoms with Gasteiger partial charge in [-0.15, -0.1) is 0 Å². The van der Waals surface area contributed by atoms with Crippen molar-refractivity contribution >= 4 is 23.4 Å². The number of aromatic nitrogens is 6. The third-order valence-electron chi connectivity index (χ3n) is 6.01. The van der Waals surface area contributed by atoms with E-state index in [-0.39, 0.29) is 46.1 Å². The first-order chi connectivity index (χ1) is 18.7. The monoisotopic (exact) mass is 559 g/mol. The van der Waals surface area contributed by atoms with Gasteiger partial charge >= 0.3 is 6.18 Å². The molecule has 202 valence electrons. The molecule has 11 nitrogen and oxygen atoms in total. The largest absolute Gasteiger partial charge is 0.433 e. The summed E-state index contributed by atoms with van der Waals surface area (Å²) in [6.07, 6.45) is -0.908. The molecule has 0 spiro atoms. The van der Waals surface area contributed by atoms with Gasteiger partial charge in [0.05, 0.1) is 28.0 Å². The second-order valence-electron chi connectivity index (χ2n) is 8.58. The second kappa shape index (κ2) is 10.8. The highest BCUT2D eigenvalue weighted by molar-refractivity contribution is 6.33. The number of aromatic amines is 2. The smallest absolute Gasteiger partial charge is 0.345 e. The number of nitrogens with zero attached hydrogens (tertiary/aromatic N) is 5. The van der Waals surface area contributed by atoms with Crippen LogP contribution >= 0.6 is 11.6 Å². The summed E-state index contributed by atoms with van der Waals surface area (Å²) in [5, 5.41) is 11.8. The lowest BCUT2D eigenvalue weighted by atomic mass is 10.1. The Balaban J connectivity index is 1.31. The van der Waals surface area contributed by atoms with Gasteiger partial charge in [0, 0.05) is 45.1 Å². The maximum absolute atomic E-state index is 13.7. The number of H-pyrrole nitrogens is 2. The summed E-state index contributed by atoms with van der Waals surface area (Å²) < 4.78 is 41.1. The minimum Gasteiger partial charge on any atom is -0.345 e. The van der Waals surface area contributed by atoms with Crippen LogP contribution in [-0.2, 0) is 12.7 Å². The number of alkyl halides is 3. The molecule has 0 saturated carbocycles. The van der Waals surface area contributed by atoms with Crippen molar-refractivity contribution in [2.45, 2.75) is 12.7 Å². The molecule has 4 N–H and O–H groups in total. The third-order valence-corrected chi connectivity index (χ3v) is 6.32. The normalized spacial score (nSPS) is 13.9. The molecule has 1 fully saturated rings. The Hall–Kier alpha value is -4.30. The summed E-state index contributed by atoms with van der Waals surface area (Å²) >= 11 is 6.35. The van der Waals surface area contributed by atoms with E-state index in [0.29, 0.717) is 37.3 Å². The quantitative estimate of drug-likeness (QED) is 0.284. The number of piperazine rings is 1. The molecule has 1 aliphatic heterocycles. The van der Waals surface area contributed by atoms with Crippen LogP contribution in [0.2, 0.25) is 5.02 Å². The average molecular weight is 560 g/mol. The van der Waals surface area contributed by atoms with Crippen LogP contribution in [-0.4, -0.2) is 73.0 Å². The lowest BCUT2D eigenvalue weighted by Crippen LogP contribution is -2.46. The molecule has 3 aromatic heterocycles. The molecule has 0 atom stereocenters. The van der Waals surface area contributed by atoms with E-state index in [4.69, 9.17) is 11.6 Å². The number of benzene rings is 1. The molecule has 0 unspecified atom stereocenters. The Morgan fingerprint density at radius 3 is 2.54 bits per heavy atom. The third kappa shape index (κ3) is 5.61. The molecule has 39 heavy (non-hydrogen) atoms. The van der Waals surface area contributed by atoms with E-state index in [2.05, 4.69) is 35.7 Å². The predicted molar refractivity (Wildman–Crippen MR) is 134 cm³/mol. The van der Waals surface area contributed by atoms with Gasteiger partial charge in [0.1, 0.15) is 11.4 Å². The Labute approximate surface area is 224 Å². The zero-order chi connectivity index (χ0) is 27.6. The van der Waals surface area contributed by atoms with Crippen LogP contribution in [0.4, 0.5) is 13.2 Å². The fourth-order valence-electron chi connectivity index (χ4n) is 4.10. The fraction of sp³-hybridized carbons (Fsp3) is 0.250. The maximum atomic E-state index is 13.7. The van der Waals surface area contributed by atoms with Gasteiger partial charge in [0.15, 0.2) is 11.6 Å². The standard InChI is InChI=1S/C24H21ClF3N9O2/c25-15-10-13(2-3-14(15)23(39)37-8-6-29-7-9-37)11-33-22(38)21-32-12-16(34-21)17-18(20-30-4-1-5-31-20)35-36-19(17)24(26,27)28/h1-5,10,12,29H,6-9,11H2,(H,32,34)(H,33,38)(H,35,36). The number of hydrogen-bond donors (Lipinski definition) is 4. The molecular formula is C24H21ClF3N9O2. The van der Waals surface area contributed by atoms with Crippen LogP contribution in [0.5, 0.6) is 0 Å². The van der Waals surface area contributed by atoms with Crippen molar-refractivity contribution in [3.63, 3.8) is 0 Å². The number of carbonyl (C=O) groups is 2. The molecular weight excluding hydrogens is 539 g/mol. The van der Waals surface area contributed by atoms with Crippen molar-refractivity contribution in [2.24, 2.45) is 0 Å². The molecule has 5 rings (SSSR count). The van der Waals surface area contributed by atoms with Gasteiger partial charge in [0.25, 0.3) is 11.8 Å². The zero-order valence-electron chi connectivity index (χ0n) is 20.1. The van der Waals surface area contributed by atoms with E-state index in [1.165, 1.54) is 18.5 Å². The van der Waals surface area contributed by atoms with Crippen molar-refractivity contribution in [1.82, 2.24) is 45.7 Å². The summed E-state index contributed by atoms with van der Waals surface area (Å²) in [5.41, 5.74) is -0.758. The van der Waals surface area contributed by atoms with Crippen molar-refractivity contribution < 1.29 is 22.8 Å². The summed E-state index contributed by atoms with van der Waals surface area (Å²) in [7, 11) is 0. The summed E-state index contributed by atoms with van der Waals surface area (Å²) in [6, 6.07) is 6.37. The number of imidazole rings is 1. The predicted octanol–water partition coefficient (Wildman–Crippen LogP) is 2.90. The molecule has 0 aliphatic carbocycles. The van der Waals surface area contributed by atoms with E-state index in [1.807, 2.05) is 5.10 Å². The van der Waals surface area contributed by atoms with Crippen LogP contribution in [0, 0.1) is 0 Å². The molecule has 4 aromatic rings. The maximum Gasteiger partial charge on any atom is 0.433 e. The first-order valence-electron chi connectivity index (χ1n) is 11.8. The van der Waals surface area contributed by atoms with E-state index >= 15 is 0 Å². The molecule has 2 amide bonds. The van der Waals surface area contributed by atoms with Gasteiger partial charge in [-0.05, 0) is 23.8 Å². The van der Waals surface area contributed by atoms with Crippen LogP contribution in [0.25, 0.3) is 22.8 Å². The lowest BCUT2D eigenvalue weighted by molar-refractivity contribution is -0.140. The first-order valence-corrected chi connectivity index (χ1v) is 12.1. The van der Waals surface area contributed by atoms with Gasteiger partial charge in [-0.3, -0.25) is 14.7 Å². The molecule has 1 aromatic carbocycles. The lowest BCUT2D eigenvalue weighted by Gasteiger charge is -2.27. The Bertz CT molecular complexity index is 1500. The van der Waals surface area contributed by atoms with Gasteiger partial charge < -0.3 is 20.5 Å². The number of rotatable bonds is 6. The van der Waals surface area contributed by atoms with Gasteiger partial charge in [0.2, 0.25) is 0 Å². The number of halogens is 4. The molecule has 1 saturated heterocycles. The topological polar surface area (TPSA) is 145 Å². The van der Waals surface area contributed by atoms with E-state index in [1.54, 1.807) is 23.1 Å². The van der Waals surface area contributed by atoms with E-state index in [0.717, 1.165) is 6.20 Å². The highest BCUT2D eigenvalue weighted by Gasteiger charge is 2.39. The Kier molecular flexibility index (Phi) is 7.30. The van der Waals surface area contributed by atoms with Crippen LogP contribution in [0.1, 0.15) is 32.2 Å². The highest BCUT2D eigenvalue weighted by Crippen LogP contribution is 2.39. The molecule has 4 heterocycles. The van der Waals surface area contributed by atoms with Crippen molar-refractivity contribution in [2.75, 3.05) is 26.2 Å². The minimum absolute atomic E-state index is 0.0318. The number of hydrogen-bond acceptors (Lipinski definition) is 7. The number of carbonyl (C=O) groups excluding carboxylic acids is 2. The molecule has 0 radical (unpaired) electrons. The fourth-order valence-corrected chi connectivity index (χ4v) is 4.39. The minimum atomic E-state index is -4.76. The van der Waals surface area contributed by atoms with Crippen LogP contribution < -0.4 is 10.6 Å². The summed E-state index contributed by atoms with van der Waals surface area (Å²) in [4.78, 5) is 41.7. The summed E-state index contributed by atoms with van der Waals surface area (Å²) in [6.45, 7) is 2.63. The average Bonchev–Trinajstić information content (AvgIpc) is 3.60. The van der Waals surface area contributed by atoms with Crippen molar-refractivity contribution in [3.8, 4) is 22.8 Å². The molecule has 0 bridgehead atoms. The zero-order valence-corrected chi connectivity index (χ0v) is 20.9. The van der Waals surface area contributed by atoms with Crippen molar-refractivity contribution in [1.29, 1.82) is 0 Å². The van der Waals surface area contributed by atoms with Gasteiger partial charge in [-0.1, -0.05) is 17.7 Å². The highest BCUT2D eigenvalue weighted by atomic mass is 35.5. The Morgan fingerprint density at radius 2 is 1.85 bits per heavy atom. The molecule has 1 aliphatic rings. The SMILES string of the molecule is O=C(NCc1ccc(C(=O)N2CCNCC2)c(Cl)c1)c1ncc(-c2c(-c3ncccn3)n[nH]c2C(F)(F)F)[nH]1. The van der Waals surface area contributed by atoms with Crippen LogP contribution in [0.15, 0.2) is 42.9 Å². The number of amides is 2. The first kappa shape index (κ1) is 26.3.